The molecule has 0 bridgehead atoms. The van der Waals surface area contributed by atoms with Crippen LogP contribution in [0.1, 0.15) is 24.9 Å². The average Bonchev–Trinajstić information content (AvgIpc) is 2.43. The van der Waals surface area contributed by atoms with Crippen molar-refractivity contribution in [1.82, 2.24) is 15.5 Å². The number of benzene rings is 1. The SMILES string of the molecule is C=C(F)/C=C(\CC)NC(=O)N[C@@H](CN(C)C)c1cc(F)cc(F)c1. The van der Waals surface area contributed by atoms with Crippen LogP contribution in [-0.4, -0.2) is 31.6 Å². The number of allylic oxidation sites excluding steroid dienone is 3. The van der Waals surface area contributed by atoms with Gasteiger partial charge in [0.1, 0.15) is 17.5 Å². The molecular weight excluding hydrogens is 319 g/mol. The summed E-state index contributed by atoms with van der Waals surface area (Å²) in [5.41, 5.74) is 0.641. The van der Waals surface area contributed by atoms with Crippen LogP contribution in [0.15, 0.2) is 42.4 Å². The number of nitrogens with one attached hydrogen (secondary N) is 2. The van der Waals surface area contributed by atoms with Crippen molar-refractivity contribution in [3.8, 4) is 0 Å². The lowest BCUT2D eigenvalue weighted by molar-refractivity contribution is 0.235. The van der Waals surface area contributed by atoms with Crippen molar-refractivity contribution >= 4 is 6.03 Å². The monoisotopic (exact) mass is 341 g/mol. The lowest BCUT2D eigenvalue weighted by Gasteiger charge is -2.23. The fraction of sp³-hybridized carbons (Fsp3) is 0.353. The van der Waals surface area contributed by atoms with Crippen molar-refractivity contribution < 1.29 is 18.0 Å². The zero-order valence-electron chi connectivity index (χ0n) is 14.0. The second kappa shape index (κ2) is 9.12. The zero-order chi connectivity index (χ0) is 18.3. The molecule has 24 heavy (non-hydrogen) atoms. The number of carbonyl (C=O) groups is 1. The van der Waals surface area contributed by atoms with Crippen molar-refractivity contribution in [3.63, 3.8) is 0 Å². The Labute approximate surface area is 140 Å². The molecule has 1 aromatic rings. The summed E-state index contributed by atoms with van der Waals surface area (Å²) in [5.74, 6) is -2.12. The van der Waals surface area contributed by atoms with Gasteiger partial charge >= 0.3 is 6.03 Å². The molecule has 7 heteroatoms. The third-order valence-corrected chi connectivity index (χ3v) is 3.13. The van der Waals surface area contributed by atoms with Crippen LogP contribution in [0.4, 0.5) is 18.0 Å². The summed E-state index contributed by atoms with van der Waals surface area (Å²) >= 11 is 0. The van der Waals surface area contributed by atoms with Crippen LogP contribution in [0.3, 0.4) is 0 Å². The molecule has 132 valence electrons. The smallest absolute Gasteiger partial charge is 0.319 e. The third kappa shape index (κ3) is 6.87. The molecule has 0 saturated carbocycles. The Kier molecular flexibility index (Phi) is 7.51. The van der Waals surface area contributed by atoms with Gasteiger partial charge in [-0.3, -0.25) is 0 Å². The number of amides is 2. The van der Waals surface area contributed by atoms with Crippen LogP contribution in [0.25, 0.3) is 0 Å². The summed E-state index contributed by atoms with van der Waals surface area (Å²) < 4.78 is 39.7. The number of halogens is 3. The molecule has 2 N–H and O–H groups in total. The van der Waals surface area contributed by atoms with Gasteiger partial charge in [-0.05, 0) is 44.3 Å². The molecule has 0 heterocycles. The second-order valence-corrected chi connectivity index (χ2v) is 5.59. The number of hydrogen-bond acceptors (Lipinski definition) is 2. The van der Waals surface area contributed by atoms with Crippen molar-refractivity contribution in [1.29, 1.82) is 0 Å². The second-order valence-electron chi connectivity index (χ2n) is 5.59. The molecule has 1 atom stereocenters. The lowest BCUT2D eigenvalue weighted by atomic mass is 10.1. The fourth-order valence-electron chi connectivity index (χ4n) is 2.13. The van der Waals surface area contributed by atoms with E-state index < -0.39 is 29.5 Å². The van der Waals surface area contributed by atoms with Crippen molar-refractivity contribution in [2.24, 2.45) is 0 Å². The minimum atomic E-state index is -0.723. The highest BCUT2D eigenvalue weighted by Gasteiger charge is 2.18. The normalized spacial score (nSPS) is 12.9. The Morgan fingerprint density at radius 1 is 1.29 bits per heavy atom. The fourth-order valence-corrected chi connectivity index (χ4v) is 2.13. The first-order valence-corrected chi connectivity index (χ1v) is 7.44. The van der Waals surface area contributed by atoms with Gasteiger partial charge < -0.3 is 15.5 Å². The Morgan fingerprint density at radius 3 is 2.33 bits per heavy atom. The largest absolute Gasteiger partial charge is 0.330 e. The van der Waals surface area contributed by atoms with Gasteiger partial charge in [-0.2, -0.15) is 0 Å². The first-order valence-electron chi connectivity index (χ1n) is 7.44. The van der Waals surface area contributed by atoms with E-state index in [2.05, 4.69) is 17.2 Å². The highest BCUT2D eigenvalue weighted by Crippen LogP contribution is 2.17. The van der Waals surface area contributed by atoms with Gasteiger partial charge in [0.25, 0.3) is 0 Å². The number of carbonyl (C=O) groups excluding carboxylic acids is 1. The lowest BCUT2D eigenvalue weighted by Crippen LogP contribution is -2.41. The van der Waals surface area contributed by atoms with Crippen molar-refractivity contribution in [3.05, 3.63) is 59.6 Å². The number of urea groups is 1. The Bertz CT molecular complexity index is 609. The summed E-state index contributed by atoms with van der Waals surface area (Å²) in [5, 5.41) is 5.14. The molecule has 4 nitrogen and oxygen atoms in total. The van der Waals surface area contributed by atoms with E-state index in [1.807, 2.05) is 0 Å². The number of likely N-dealkylation sites (N-methyl/N-ethyl adjacent to an activating group) is 1. The maximum atomic E-state index is 13.4. The van der Waals surface area contributed by atoms with E-state index in [0.29, 0.717) is 24.2 Å². The maximum Gasteiger partial charge on any atom is 0.319 e. The van der Waals surface area contributed by atoms with Gasteiger partial charge in [-0.1, -0.05) is 13.5 Å². The first kappa shape index (κ1) is 19.8. The van der Waals surface area contributed by atoms with Crippen LogP contribution in [0.5, 0.6) is 0 Å². The molecule has 2 amide bonds. The van der Waals surface area contributed by atoms with Crippen LogP contribution in [0.2, 0.25) is 0 Å². The van der Waals surface area contributed by atoms with Gasteiger partial charge in [0.2, 0.25) is 0 Å². The molecule has 0 aromatic heterocycles. The Balaban J connectivity index is 2.93. The molecule has 0 radical (unpaired) electrons. The van der Waals surface area contributed by atoms with E-state index >= 15 is 0 Å². The molecular formula is C17H22F3N3O. The molecule has 0 saturated heterocycles. The van der Waals surface area contributed by atoms with Crippen LogP contribution < -0.4 is 10.6 Å². The third-order valence-electron chi connectivity index (χ3n) is 3.13. The van der Waals surface area contributed by atoms with E-state index in [0.717, 1.165) is 24.3 Å². The highest BCUT2D eigenvalue weighted by atomic mass is 19.1. The van der Waals surface area contributed by atoms with Gasteiger partial charge in [0, 0.05) is 18.3 Å². The summed E-state index contributed by atoms with van der Waals surface area (Å²) in [4.78, 5) is 13.9. The molecule has 0 fully saturated rings. The summed E-state index contributed by atoms with van der Waals surface area (Å²) in [6.45, 7) is 5.19. The van der Waals surface area contributed by atoms with Gasteiger partial charge in [0.15, 0.2) is 0 Å². The highest BCUT2D eigenvalue weighted by molar-refractivity contribution is 5.76. The standard InChI is InChI=1S/C17H22F3N3O/c1-5-15(6-11(2)18)21-17(24)22-16(10-23(3)4)12-7-13(19)9-14(20)8-12/h6-9,16H,2,5,10H2,1,3-4H3,(H2,21,22,24)/b15-6+/t16-/m0/s1. The van der Waals surface area contributed by atoms with Crippen LogP contribution in [-0.2, 0) is 0 Å². The van der Waals surface area contributed by atoms with E-state index in [1.165, 1.54) is 0 Å². The number of rotatable bonds is 7. The van der Waals surface area contributed by atoms with Crippen molar-refractivity contribution in [2.45, 2.75) is 19.4 Å². The van der Waals surface area contributed by atoms with E-state index in [9.17, 15) is 18.0 Å². The Hall–Kier alpha value is -2.28. The van der Waals surface area contributed by atoms with Crippen LogP contribution >= 0.6 is 0 Å². The molecule has 0 unspecified atom stereocenters. The summed E-state index contributed by atoms with van der Waals surface area (Å²) in [6, 6.07) is 1.86. The van der Waals surface area contributed by atoms with E-state index in [4.69, 9.17) is 0 Å². The zero-order valence-corrected chi connectivity index (χ0v) is 14.0. The minimum absolute atomic E-state index is 0.299. The number of hydrogen-bond donors (Lipinski definition) is 2. The maximum absolute atomic E-state index is 13.4. The molecule has 0 aliphatic carbocycles. The predicted molar refractivity (Wildman–Crippen MR) is 87.9 cm³/mol. The van der Waals surface area contributed by atoms with Crippen LogP contribution in [0, 0.1) is 11.6 Å². The van der Waals surface area contributed by atoms with Crippen molar-refractivity contribution in [2.75, 3.05) is 20.6 Å². The van der Waals surface area contributed by atoms with Gasteiger partial charge in [-0.15, -0.1) is 0 Å². The van der Waals surface area contributed by atoms with E-state index in [-0.39, 0.29) is 0 Å². The number of nitrogens with zero attached hydrogens (tertiary/aromatic N) is 1. The predicted octanol–water partition coefficient (Wildman–Crippen LogP) is 3.64. The summed E-state index contributed by atoms with van der Waals surface area (Å²) in [6.07, 6.45) is 1.51. The molecule has 0 aliphatic rings. The topological polar surface area (TPSA) is 44.4 Å². The molecule has 1 aromatic carbocycles. The van der Waals surface area contributed by atoms with E-state index in [1.54, 1.807) is 25.9 Å². The van der Waals surface area contributed by atoms with Gasteiger partial charge in [0.05, 0.1) is 6.04 Å². The Morgan fingerprint density at radius 2 is 1.88 bits per heavy atom. The summed E-state index contributed by atoms with van der Waals surface area (Å²) in [7, 11) is 3.54. The molecule has 0 aliphatic heterocycles. The molecule has 0 spiro atoms. The molecule has 1 rings (SSSR count). The first-order chi connectivity index (χ1) is 11.2. The minimum Gasteiger partial charge on any atom is -0.330 e. The quantitative estimate of drug-likeness (QED) is 0.744. The average molecular weight is 341 g/mol. The van der Waals surface area contributed by atoms with Gasteiger partial charge in [-0.25, -0.2) is 18.0 Å².